The summed E-state index contributed by atoms with van der Waals surface area (Å²) in [6.07, 6.45) is 0.954. The summed E-state index contributed by atoms with van der Waals surface area (Å²) in [4.78, 5) is 11.3. The summed E-state index contributed by atoms with van der Waals surface area (Å²) >= 11 is 0. The highest BCUT2D eigenvalue weighted by molar-refractivity contribution is 5.86. The molecule has 0 bridgehead atoms. The number of carbonyl (C=O) groups excluding carboxylic acids is 1. The first kappa shape index (κ1) is 15.8. The van der Waals surface area contributed by atoms with E-state index in [2.05, 4.69) is 32.4 Å². The Morgan fingerprint density at radius 2 is 2.05 bits per heavy atom. The number of ether oxygens (including phenoxy) is 1. The number of methoxy groups -OCH3 is 1. The molecule has 0 aliphatic heterocycles. The SMILES string of the molecule is COC(=O)c1ccc(C(O)CC(C)CC(C)(C)C)o1. The molecule has 0 radical (unpaired) electrons. The van der Waals surface area contributed by atoms with Crippen LogP contribution in [-0.4, -0.2) is 18.2 Å². The Hall–Kier alpha value is -1.29. The van der Waals surface area contributed by atoms with Crippen molar-refractivity contribution >= 4 is 5.97 Å². The molecule has 0 aliphatic carbocycles. The zero-order valence-electron chi connectivity index (χ0n) is 12.4. The lowest BCUT2D eigenvalue weighted by Crippen LogP contribution is -2.13. The van der Waals surface area contributed by atoms with Crippen LogP contribution in [0.3, 0.4) is 0 Å². The largest absolute Gasteiger partial charge is 0.463 e. The molecule has 0 saturated heterocycles. The van der Waals surface area contributed by atoms with Gasteiger partial charge in [-0.05, 0) is 36.3 Å². The predicted octanol–water partition coefficient (Wildman–Crippen LogP) is 3.56. The van der Waals surface area contributed by atoms with Gasteiger partial charge in [0.05, 0.1) is 7.11 Å². The van der Waals surface area contributed by atoms with Gasteiger partial charge in [-0.3, -0.25) is 0 Å². The maximum atomic E-state index is 11.3. The first-order valence-electron chi connectivity index (χ1n) is 6.59. The van der Waals surface area contributed by atoms with Gasteiger partial charge in [0.1, 0.15) is 11.9 Å². The molecule has 2 unspecified atom stereocenters. The van der Waals surface area contributed by atoms with E-state index in [9.17, 15) is 9.90 Å². The van der Waals surface area contributed by atoms with Crippen LogP contribution < -0.4 is 0 Å². The van der Waals surface area contributed by atoms with E-state index in [-0.39, 0.29) is 11.2 Å². The fourth-order valence-corrected chi connectivity index (χ4v) is 2.37. The maximum Gasteiger partial charge on any atom is 0.373 e. The third kappa shape index (κ3) is 5.07. The second kappa shape index (κ2) is 6.24. The summed E-state index contributed by atoms with van der Waals surface area (Å²) in [5, 5.41) is 10.1. The first-order valence-corrected chi connectivity index (χ1v) is 6.59. The number of hydrogen-bond acceptors (Lipinski definition) is 4. The normalized spacial score (nSPS) is 15.1. The van der Waals surface area contributed by atoms with Crippen LogP contribution in [0.15, 0.2) is 16.5 Å². The van der Waals surface area contributed by atoms with Crippen molar-refractivity contribution in [3.8, 4) is 0 Å². The minimum absolute atomic E-state index is 0.125. The van der Waals surface area contributed by atoms with Gasteiger partial charge in [0.25, 0.3) is 0 Å². The number of rotatable bonds is 5. The highest BCUT2D eigenvalue weighted by Crippen LogP contribution is 2.31. The highest BCUT2D eigenvalue weighted by atomic mass is 16.5. The standard InChI is InChI=1S/C15H24O4/c1-10(9-15(2,3)4)8-11(16)12-6-7-13(19-12)14(17)18-5/h6-7,10-11,16H,8-9H2,1-5H3. The van der Waals surface area contributed by atoms with E-state index in [0.717, 1.165) is 6.42 Å². The van der Waals surface area contributed by atoms with Gasteiger partial charge in [0.15, 0.2) is 0 Å². The van der Waals surface area contributed by atoms with E-state index in [0.29, 0.717) is 18.1 Å². The molecule has 0 spiro atoms. The minimum atomic E-state index is -0.684. The Bertz CT molecular complexity index is 414. The Labute approximate surface area is 114 Å². The summed E-state index contributed by atoms with van der Waals surface area (Å²) < 4.78 is 9.87. The molecule has 2 atom stereocenters. The lowest BCUT2D eigenvalue weighted by Gasteiger charge is -2.24. The predicted molar refractivity (Wildman–Crippen MR) is 72.9 cm³/mol. The molecule has 1 aromatic rings. The lowest BCUT2D eigenvalue weighted by molar-refractivity contribution is 0.0550. The van der Waals surface area contributed by atoms with Crippen molar-refractivity contribution in [1.29, 1.82) is 0 Å². The molecule has 1 N–H and O–H groups in total. The molecule has 0 amide bonds. The molecule has 19 heavy (non-hydrogen) atoms. The Balaban J connectivity index is 2.60. The van der Waals surface area contributed by atoms with Crippen molar-refractivity contribution in [1.82, 2.24) is 0 Å². The summed E-state index contributed by atoms with van der Waals surface area (Å²) in [6, 6.07) is 3.15. The van der Waals surface area contributed by atoms with Crippen molar-refractivity contribution in [2.75, 3.05) is 7.11 Å². The van der Waals surface area contributed by atoms with E-state index in [1.165, 1.54) is 13.2 Å². The molecule has 4 heteroatoms. The summed E-state index contributed by atoms with van der Waals surface area (Å²) in [5.74, 6) is 0.393. The Kier molecular flexibility index (Phi) is 5.18. The zero-order chi connectivity index (χ0) is 14.6. The molecule has 1 rings (SSSR count). The molecule has 1 aromatic heterocycles. The fourth-order valence-electron chi connectivity index (χ4n) is 2.37. The van der Waals surface area contributed by atoms with Gasteiger partial charge >= 0.3 is 5.97 Å². The van der Waals surface area contributed by atoms with Crippen LogP contribution in [0.25, 0.3) is 0 Å². The molecule has 0 aliphatic rings. The molecule has 108 valence electrons. The van der Waals surface area contributed by atoms with Crippen LogP contribution in [0.1, 0.15) is 63.0 Å². The van der Waals surface area contributed by atoms with Crippen LogP contribution in [0, 0.1) is 11.3 Å². The van der Waals surface area contributed by atoms with Crippen molar-refractivity contribution < 1.29 is 19.1 Å². The monoisotopic (exact) mass is 268 g/mol. The topological polar surface area (TPSA) is 59.7 Å². The molecule has 1 heterocycles. The van der Waals surface area contributed by atoms with Crippen molar-refractivity contribution in [3.05, 3.63) is 23.7 Å². The lowest BCUT2D eigenvalue weighted by atomic mass is 9.83. The second-order valence-electron chi connectivity index (χ2n) is 6.32. The van der Waals surface area contributed by atoms with E-state index in [1.54, 1.807) is 6.07 Å². The smallest absolute Gasteiger partial charge is 0.373 e. The number of hydrogen-bond donors (Lipinski definition) is 1. The summed E-state index contributed by atoms with van der Waals surface area (Å²) in [5.41, 5.74) is 0.236. The average molecular weight is 268 g/mol. The van der Waals surface area contributed by atoms with Crippen LogP contribution in [-0.2, 0) is 4.74 Å². The Morgan fingerprint density at radius 3 is 2.58 bits per heavy atom. The van der Waals surface area contributed by atoms with Gasteiger partial charge < -0.3 is 14.3 Å². The van der Waals surface area contributed by atoms with Gasteiger partial charge in [-0.2, -0.15) is 0 Å². The minimum Gasteiger partial charge on any atom is -0.463 e. The van der Waals surface area contributed by atoms with Gasteiger partial charge in [-0.15, -0.1) is 0 Å². The van der Waals surface area contributed by atoms with Gasteiger partial charge in [0.2, 0.25) is 5.76 Å². The van der Waals surface area contributed by atoms with E-state index in [1.807, 2.05) is 0 Å². The summed E-state index contributed by atoms with van der Waals surface area (Å²) in [6.45, 7) is 8.65. The molecular formula is C15H24O4. The number of aliphatic hydroxyl groups excluding tert-OH is 1. The van der Waals surface area contributed by atoms with E-state index >= 15 is 0 Å². The van der Waals surface area contributed by atoms with Gasteiger partial charge in [0, 0.05) is 0 Å². The fraction of sp³-hybridized carbons (Fsp3) is 0.667. The number of aliphatic hydroxyl groups is 1. The quantitative estimate of drug-likeness (QED) is 0.829. The van der Waals surface area contributed by atoms with Crippen molar-refractivity contribution in [2.45, 2.75) is 46.6 Å². The van der Waals surface area contributed by atoms with Gasteiger partial charge in [-0.1, -0.05) is 27.7 Å². The molecule has 0 aromatic carbocycles. The summed E-state index contributed by atoms with van der Waals surface area (Å²) in [7, 11) is 1.30. The van der Waals surface area contributed by atoms with Crippen LogP contribution in [0.2, 0.25) is 0 Å². The van der Waals surface area contributed by atoms with Gasteiger partial charge in [-0.25, -0.2) is 4.79 Å². The molecule has 0 fully saturated rings. The number of carbonyl (C=O) groups is 1. The molecular weight excluding hydrogens is 244 g/mol. The van der Waals surface area contributed by atoms with Crippen molar-refractivity contribution in [2.24, 2.45) is 11.3 Å². The average Bonchev–Trinajstić information content (AvgIpc) is 2.74. The van der Waals surface area contributed by atoms with Crippen LogP contribution in [0.5, 0.6) is 0 Å². The van der Waals surface area contributed by atoms with Crippen molar-refractivity contribution in [3.63, 3.8) is 0 Å². The highest BCUT2D eigenvalue weighted by Gasteiger charge is 2.21. The van der Waals surface area contributed by atoms with Crippen LogP contribution in [0.4, 0.5) is 0 Å². The third-order valence-electron chi connectivity index (χ3n) is 2.93. The third-order valence-corrected chi connectivity index (χ3v) is 2.93. The maximum absolute atomic E-state index is 11.3. The molecule has 0 saturated carbocycles. The number of esters is 1. The van der Waals surface area contributed by atoms with Crippen LogP contribution >= 0.6 is 0 Å². The number of furan rings is 1. The second-order valence-corrected chi connectivity index (χ2v) is 6.32. The first-order chi connectivity index (χ1) is 8.73. The Morgan fingerprint density at radius 1 is 1.42 bits per heavy atom. The van der Waals surface area contributed by atoms with E-state index in [4.69, 9.17) is 4.42 Å². The van der Waals surface area contributed by atoms with E-state index < -0.39 is 12.1 Å². The zero-order valence-corrected chi connectivity index (χ0v) is 12.4. The molecule has 4 nitrogen and oxygen atoms in total.